The van der Waals surface area contributed by atoms with Crippen LogP contribution < -0.4 is 5.32 Å². The molecule has 0 aliphatic carbocycles. The number of fused-ring (bicyclic) bond motifs is 2. The van der Waals surface area contributed by atoms with Gasteiger partial charge in [-0.3, -0.25) is 0 Å². The normalized spacial score (nSPS) is 38.6. The second kappa shape index (κ2) is 3.57. The van der Waals surface area contributed by atoms with E-state index >= 15 is 0 Å². The van der Waals surface area contributed by atoms with Crippen LogP contribution in [0.5, 0.6) is 0 Å². The van der Waals surface area contributed by atoms with Gasteiger partial charge in [0.1, 0.15) is 5.60 Å². The van der Waals surface area contributed by atoms with E-state index in [9.17, 15) is 5.11 Å². The zero-order valence-corrected chi connectivity index (χ0v) is 9.57. The molecule has 2 bridgehead atoms. The Morgan fingerprint density at radius 1 is 1.50 bits per heavy atom. The van der Waals surface area contributed by atoms with E-state index < -0.39 is 5.60 Å². The van der Waals surface area contributed by atoms with Crippen LogP contribution in [0.3, 0.4) is 0 Å². The average Bonchev–Trinajstić information content (AvgIpc) is 2.82. The molecule has 1 aromatic heterocycles. The van der Waals surface area contributed by atoms with Crippen LogP contribution in [0.25, 0.3) is 0 Å². The molecule has 2 aliphatic rings. The highest BCUT2D eigenvalue weighted by molar-refractivity contribution is 5.17. The zero-order chi connectivity index (χ0) is 11.2. The Labute approximate surface area is 95.0 Å². The molecule has 4 nitrogen and oxygen atoms in total. The van der Waals surface area contributed by atoms with Gasteiger partial charge in [-0.1, -0.05) is 5.16 Å². The summed E-state index contributed by atoms with van der Waals surface area (Å²) in [5.41, 5.74) is -0.0193. The number of aliphatic hydroxyl groups is 1. The van der Waals surface area contributed by atoms with Crippen LogP contribution in [0.4, 0.5) is 0 Å². The molecule has 4 heteroatoms. The van der Waals surface area contributed by atoms with E-state index in [1.807, 2.05) is 13.0 Å². The lowest BCUT2D eigenvalue weighted by Crippen LogP contribution is -2.45. The maximum atomic E-state index is 10.8. The van der Waals surface area contributed by atoms with Gasteiger partial charge in [-0.15, -0.1) is 0 Å². The topological polar surface area (TPSA) is 58.3 Å². The van der Waals surface area contributed by atoms with Gasteiger partial charge in [-0.2, -0.15) is 0 Å². The SMILES string of the molecule is Cc1cc([C@@]2(O)CCC[C@@H]3CC[C@H]2N3)on1. The van der Waals surface area contributed by atoms with Crippen molar-refractivity contribution in [3.63, 3.8) is 0 Å². The molecule has 0 amide bonds. The lowest BCUT2D eigenvalue weighted by molar-refractivity contribution is -0.0269. The van der Waals surface area contributed by atoms with Gasteiger partial charge in [0.05, 0.1) is 5.69 Å². The predicted molar refractivity (Wildman–Crippen MR) is 58.9 cm³/mol. The fourth-order valence-corrected chi connectivity index (χ4v) is 3.08. The quantitative estimate of drug-likeness (QED) is 0.755. The molecule has 2 aliphatic heterocycles. The summed E-state index contributed by atoms with van der Waals surface area (Å²) in [5, 5.41) is 18.2. The molecular weight excluding hydrogens is 204 g/mol. The Morgan fingerprint density at radius 3 is 3.12 bits per heavy atom. The molecule has 3 rings (SSSR count). The molecule has 1 aromatic rings. The molecule has 0 spiro atoms. The minimum Gasteiger partial charge on any atom is -0.380 e. The number of aryl methyl sites for hydroxylation is 1. The van der Waals surface area contributed by atoms with Crippen LogP contribution in [-0.2, 0) is 5.60 Å². The Kier molecular flexibility index (Phi) is 2.30. The van der Waals surface area contributed by atoms with Crippen LogP contribution in [0, 0.1) is 6.92 Å². The van der Waals surface area contributed by atoms with Crippen LogP contribution in [0.15, 0.2) is 10.6 Å². The Hall–Kier alpha value is -0.870. The van der Waals surface area contributed by atoms with Crippen molar-refractivity contribution in [2.45, 2.75) is 56.7 Å². The highest BCUT2D eigenvalue weighted by Gasteiger charge is 2.46. The predicted octanol–water partition coefficient (Wildman–Crippen LogP) is 1.48. The average molecular weight is 222 g/mol. The van der Waals surface area contributed by atoms with Crippen LogP contribution >= 0.6 is 0 Å². The van der Waals surface area contributed by atoms with Crippen LogP contribution in [0.1, 0.15) is 43.6 Å². The molecule has 2 fully saturated rings. The zero-order valence-electron chi connectivity index (χ0n) is 9.57. The van der Waals surface area contributed by atoms with Crippen molar-refractivity contribution < 1.29 is 9.63 Å². The van der Waals surface area contributed by atoms with Gasteiger partial charge < -0.3 is 14.9 Å². The first kappa shape index (κ1) is 10.3. The molecule has 2 saturated heterocycles. The van der Waals surface area contributed by atoms with Gasteiger partial charge in [-0.05, 0) is 39.0 Å². The van der Waals surface area contributed by atoms with Crippen molar-refractivity contribution in [3.05, 3.63) is 17.5 Å². The summed E-state index contributed by atoms with van der Waals surface area (Å²) in [6.45, 7) is 1.89. The summed E-state index contributed by atoms with van der Waals surface area (Å²) in [6.07, 6.45) is 5.17. The fraction of sp³-hybridized carbons (Fsp3) is 0.750. The maximum absolute atomic E-state index is 10.8. The summed E-state index contributed by atoms with van der Waals surface area (Å²) in [6, 6.07) is 2.58. The van der Waals surface area contributed by atoms with Gasteiger partial charge in [-0.25, -0.2) is 0 Å². The first-order valence-electron chi connectivity index (χ1n) is 6.11. The summed E-state index contributed by atoms with van der Waals surface area (Å²) in [7, 11) is 0. The summed E-state index contributed by atoms with van der Waals surface area (Å²) in [5.74, 6) is 0.630. The first-order chi connectivity index (χ1) is 7.68. The van der Waals surface area contributed by atoms with E-state index in [4.69, 9.17) is 4.52 Å². The molecule has 3 atom stereocenters. The second-order valence-electron chi connectivity index (χ2n) is 5.14. The van der Waals surface area contributed by atoms with Crippen molar-refractivity contribution in [1.82, 2.24) is 10.5 Å². The van der Waals surface area contributed by atoms with Crippen molar-refractivity contribution >= 4 is 0 Å². The third kappa shape index (κ3) is 1.48. The van der Waals surface area contributed by atoms with Crippen molar-refractivity contribution in [1.29, 1.82) is 0 Å². The van der Waals surface area contributed by atoms with Gasteiger partial charge in [0.2, 0.25) is 0 Å². The Morgan fingerprint density at radius 2 is 2.38 bits per heavy atom. The molecule has 0 saturated carbocycles. The molecule has 88 valence electrons. The van der Waals surface area contributed by atoms with Crippen molar-refractivity contribution in [3.8, 4) is 0 Å². The Bertz CT molecular complexity index is 390. The molecule has 3 heterocycles. The number of nitrogens with zero attached hydrogens (tertiary/aromatic N) is 1. The second-order valence-corrected chi connectivity index (χ2v) is 5.14. The standard InChI is InChI=1S/C12H18N2O2/c1-8-7-11(16-14-8)12(15)6-2-3-9-4-5-10(12)13-9/h7,9-10,13,15H,2-6H2,1H3/t9-,10-,12-/m1/s1. The molecule has 0 unspecified atom stereocenters. The number of rotatable bonds is 1. The summed E-state index contributed by atoms with van der Waals surface area (Å²) in [4.78, 5) is 0. The lowest BCUT2D eigenvalue weighted by Gasteiger charge is -2.30. The highest BCUT2D eigenvalue weighted by Crippen LogP contribution is 2.39. The van der Waals surface area contributed by atoms with Gasteiger partial charge in [0.25, 0.3) is 0 Å². The number of aromatic nitrogens is 1. The number of nitrogens with one attached hydrogen (secondary N) is 1. The third-order valence-electron chi connectivity index (χ3n) is 3.98. The highest BCUT2D eigenvalue weighted by atomic mass is 16.5. The first-order valence-corrected chi connectivity index (χ1v) is 6.11. The van der Waals surface area contributed by atoms with Gasteiger partial charge >= 0.3 is 0 Å². The molecule has 0 radical (unpaired) electrons. The minimum atomic E-state index is -0.855. The smallest absolute Gasteiger partial charge is 0.170 e. The van der Waals surface area contributed by atoms with Gasteiger partial charge in [0.15, 0.2) is 5.76 Å². The fourth-order valence-electron chi connectivity index (χ4n) is 3.08. The van der Waals surface area contributed by atoms with E-state index in [2.05, 4.69) is 10.5 Å². The molecular formula is C12H18N2O2. The number of hydrogen-bond donors (Lipinski definition) is 2. The van der Waals surface area contributed by atoms with Crippen molar-refractivity contribution in [2.24, 2.45) is 0 Å². The summed E-state index contributed by atoms with van der Waals surface area (Å²) >= 11 is 0. The van der Waals surface area contributed by atoms with Crippen LogP contribution in [0.2, 0.25) is 0 Å². The van der Waals surface area contributed by atoms with Crippen molar-refractivity contribution in [2.75, 3.05) is 0 Å². The molecule has 0 aromatic carbocycles. The molecule has 16 heavy (non-hydrogen) atoms. The van der Waals surface area contributed by atoms with E-state index in [1.54, 1.807) is 0 Å². The Balaban J connectivity index is 1.95. The summed E-state index contributed by atoms with van der Waals surface area (Å²) < 4.78 is 5.27. The van der Waals surface area contributed by atoms with E-state index in [-0.39, 0.29) is 6.04 Å². The van der Waals surface area contributed by atoms with Gasteiger partial charge in [0, 0.05) is 18.2 Å². The monoisotopic (exact) mass is 222 g/mol. The van der Waals surface area contributed by atoms with E-state index in [0.717, 1.165) is 31.4 Å². The van der Waals surface area contributed by atoms with E-state index in [0.29, 0.717) is 11.8 Å². The minimum absolute atomic E-state index is 0.132. The largest absolute Gasteiger partial charge is 0.380 e. The lowest BCUT2D eigenvalue weighted by atomic mass is 9.84. The molecule has 2 N–H and O–H groups in total. The van der Waals surface area contributed by atoms with Crippen LogP contribution in [-0.4, -0.2) is 22.3 Å². The third-order valence-corrected chi connectivity index (χ3v) is 3.98. The number of hydrogen-bond acceptors (Lipinski definition) is 4. The van der Waals surface area contributed by atoms with E-state index in [1.165, 1.54) is 6.42 Å². The maximum Gasteiger partial charge on any atom is 0.170 e.